The number of aryl methyl sites for hydroxylation is 1. The maximum absolute atomic E-state index is 6.30. The third kappa shape index (κ3) is 2.37. The highest BCUT2D eigenvalue weighted by atomic mass is 35.5. The fourth-order valence-corrected chi connectivity index (χ4v) is 2.79. The third-order valence-electron chi connectivity index (χ3n) is 2.95. The molecule has 0 aliphatic rings. The molecular weight excluding hydrogens is 317 g/mol. The van der Waals surface area contributed by atoms with E-state index in [-0.39, 0.29) is 0 Å². The van der Waals surface area contributed by atoms with Crippen molar-refractivity contribution in [2.45, 2.75) is 6.42 Å². The van der Waals surface area contributed by atoms with Crippen LogP contribution in [0.4, 0.5) is 0 Å². The molecule has 6 heteroatoms. The van der Waals surface area contributed by atoms with E-state index in [0.29, 0.717) is 22.3 Å². The van der Waals surface area contributed by atoms with E-state index in [2.05, 4.69) is 9.97 Å². The second-order valence-electron chi connectivity index (χ2n) is 4.24. The summed E-state index contributed by atoms with van der Waals surface area (Å²) < 4.78 is 1.93. The van der Waals surface area contributed by atoms with E-state index < -0.39 is 0 Å². The number of hydrogen-bond donors (Lipinski definition) is 0. The Labute approximate surface area is 131 Å². The molecule has 3 rings (SSSR count). The maximum atomic E-state index is 6.30. The van der Waals surface area contributed by atoms with Gasteiger partial charge in [0.25, 0.3) is 0 Å². The van der Waals surface area contributed by atoms with Crippen LogP contribution in [0.15, 0.2) is 36.5 Å². The lowest BCUT2D eigenvalue weighted by atomic mass is 10.3. The smallest absolute Gasteiger partial charge is 0.164 e. The van der Waals surface area contributed by atoms with Gasteiger partial charge in [0.05, 0.1) is 10.7 Å². The molecule has 0 aliphatic heterocycles. The van der Waals surface area contributed by atoms with Gasteiger partial charge in [0.2, 0.25) is 0 Å². The highest BCUT2D eigenvalue weighted by molar-refractivity contribution is 6.35. The SMILES string of the molecule is ClCCc1nc2cccnc2n1-c1ccc(Cl)cc1Cl. The zero-order valence-electron chi connectivity index (χ0n) is 10.4. The third-order valence-corrected chi connectivity index (χ3v) is 3.68. The number of halogens is 3. The van der Waals surface area contributed by atoms with Gasteiger partial charge in [-0.25, -0.2) is 9.97 Å². The lowest BCUT2D eigenvalue weighted by molar-refractivity contribution is 0.905. The zero-order chi connectivity index (χ0) is 14.1. The van der Waals surface area contributed by atoms with Gasteiger partial charge in [0.1, 0.15) is 11.3 Å². The highest BCUT2D eigenvalue weighted by Gasteiger charge is 2.15. The molecule has 0 spiro atoms. The van der Waals surface area contributed by atoms with Gasteiger partial charge < -0.3 is 0 Å². The van der Waals surface area contributed by atoms with Gasteiger partial charge in [0.15, 0.2) is 5.65 Å². The van der Waals surface area contributed by atoms with E-state index in [0.717, 1.165) is 22.7 Å². The quantitative estimate of drug-likeness (QED) is 0.663. The van der Waals surface area contributed by atoms with E-state index in [9.17, 15) is 0 Å². The Bertz CT molecular complexity index is 767. The molecule has 0 radical (unpaired) electrons. The normalized spacial score (nSPS) is 11.2. The van der Waals surface area contributed by atoms with Gasteiger partial charge in [-0.3, -0.25) is 4.57 Å². The van der Waals surface area contributed by atoms with Gasteiger partial charge in [0, 0.05) is 23.5 Å². The van der Waals surface area contributed by atoms with Gasteiger partial charge in [-0.15, -0.1) is 11.6 Å². The number of aromatic nitrogens is 3. The molecule has 0 unspecified atom stereocenters. The van der Waals surface area contributed by atoms with Crippen LogP contribution >= 0.6 is 34.8 Å². The van der Waals surface area contributed by atoms with Crippen molar-refractivity contribution in [2.75, 3.05) is 5.88 Å². The van der Waals surface area contributed by atoms with E-state index in [4.69, 9.17) is 34.8 Å². The van der Waals surface area contributed by atoms with Crippen LogP contribution in [-0.2, 0) is 6.42 Å². The van der Waals surface area contributed by atoms with E-state index in [1.165, 1.54) is 0 Å². The molecule has 0 fully saturated rings. The Morgan fingerprint density at radius 1 is 1.15 bits per heavy atom. The van der Waals surface area contributed by atoms with E-state index >= 15 is 0 Å². The van der Waals surface area contributed by atoms with Crippen molar-refractivity contribution < 1.29 is 0 Å². The summed E-state index contributed by atoms with van der Waals surface area (Å²) in [5, 5.41) is 1.15. The lowest BCUT2D eigenvalue weighted by Crippen LogP contribution is -2.03. The lowest BCUT2D eigenvalue weighted by Gasteiger charge is -2.10. The Morgan fingerprint density at radius 3 is 2.75 bits per heavy atom. The molecular formula is C14H10Cl3N3. The van der Waals surface area contributed by atoms with Crippen LogP contribution < -0.4 is 0 Å². The fourth-order valence-electron chi connectivity index (χ4n) is 2.13. The summed E-state index contributed by atoms with van der Waals surface area (Å²) >= 11 is 18.1. The first kappa shape index (κ1) is 13.7. The van der Waals surface area contributed by atoms with Crippen LogP contribution in [0.5, 0.6) is 0 Å². The van der Waals surface area contributed by atoms with Crippen molar-refractivity contribution in [1.82, 2.24) is 14.5 Å². The predicted octanol–water partition coefficient (Wildman–Crippen LogP) is 4.51. The molecule has 0 bridgehead atoms. The van der Waals surface area contributed by atoms with Gasteiger partial charge >= 0.3 is 0 Å². The van der Waals surface area contributed by atoms with Gasteiger partial charge in [-0.1, -0.05) is 23.2 Å². The van der Waals surface area contributed by atoms with Crippen LogP contribution in [0.3, 0.4) is 0 Å². The second-order valence-corrected chi connectivity index (χ2v) is 5.47. The molecule has 0 saturated heterocycles. The summed E-state index contributed by atoms with van der Waals surface area (Å²) in [4.78, 5) is 8.96. The zero-order valence-corrected chi connectivity index (χ0v) is 12.6. The Morgan fingerprint density at radius 2 is 2.00 bits per heavy atom. The number of rotatable bonds is 3. The minimum absolute atomic E-state index is 0.481. The van der Waals surface area contributed by atoms with Crippen molar-refractivity contribution in [3.8, 4) is 5.69 Å². The number of fused-ring (bicyclic) bond motifs is 1. The average molecular weight is 327 g/mol. The summed E-state index contributed by atoms with van der Waals surface area (Å²) in [6.07, 6.45) is 2.37. The second kappa shape index (κ2) is 5.60. The van der Waals surface area contributed by atoms with Crippen molar-refractivity contribution in [2.24, 2.45) is 0 Å². The van der Waals surface area contributed by atoms with Crippen LogP contribution in [0, 0.1) is 0 Å². The molecule has 0 aliphatic carbocycles. The average Bonchev–Trinajstić information content (AvgIpc) is 2.78. The number of pyridine rings is 1. The monoisotopic (exact) mass is 325 g/mol. The molecule has 3 nitrogen and oxygen atoms in total. The van der Waals surface area contributed by atoms with Crippen LogP contribution in [0.1, 0.15) is 5.82 Å². The number of alkyl halides is 1. The van der Waals surface area contributed by atoms with E-state index in [1.807, 2.05) is 22.8 Å². The molecule has 3 aromatic rings. The minimum atomic E-state index is 0.481. The summed E-state index contributed by atoms with van der Waals surface area (Å²) in [7, 11) is 0. The number of nitrogens with zero attached hydrogens (tertiary/aromatic N) is 3. The summed E-state index contributed by atoms with van der Waals surface area (Å²) in [6.45, 7) is 0. The Hall–Kier alpha value is -1.29. The summed E-state index contributed by atoms with van der Waals surface area (Å²) in [6, 6.07) is 9.13. The topological polar surface area (TPSA) is 30.7 Å². The molecule has 2 aromatic heterocycles. The molecule has 0 amide bonds. The standard InChI is InChI=1S/C14H10Cl3N3/c15-6-5-13-19-11-2-1-7-18-14(11)20(13)12-4-3-9(16)8-10(12)17/h1-4,7-8H,5-6H2. The van der Waals surface area contributed by atoms with E-state index in [1.54, 1.807) is 18.3 Å². The highest BCUT2D eigenvalue weighted by Crippen LogP contribution is 2.28. The summed E-state index contributed by atoms with van der Waals surface area (Å²) in [5.74, 6) is 1.31. The number of imidazole rings is 1. The molecule has 0 N–H and O–H groups in total. The number of hydrogen-bond acceptors (Lipinski definition) is 2. The van der Waals surface area contributed by atoms with Gasteiger partial charge in [-0.05, 0) is 30.3 Å². The minimum Gasteiger partial charge on any atom is -0.279 e. The molecule has 1 aromatic carbocycles. The van der Waals surface area contributed by atoms with Crippen LogP contribution in [0.25, 0.3) is 16.9 Å². The first-order chi connectivity index (χ1) is 9.70. The fraction of sp³-hybridized carbons (Fsp3) is 0.143. The first-order valence-corrected chi connectivity index (χ1v) is 7.33. The van der Waals surface area contributed by atoms with Crippen molar-refractivity contribution in [3.05, 3.63) is 52.4 Å². The van der Waals surface area contributed by atoms with Crippen molar-refractivity contribution >= 4 is 46.0 Å². The molecule has 102 valence electrons. The Balaban J connectivity index is 2.30. The van der Waals surface area contributed by atoms with Crippen LogP contribution in [-0.4, -0.2) is 20.4 Å². The molecule has 2 heterocycles. The molecule has 0 atom stereocenters. The molecule has 20 heavy (non-hydrogen) atoms. The number of benzene rings is 1. The summed E-state index contributed by atoms with van der Waals surface area (Å²) in [5.41, 5.74) is 2.38. The Kier molecular flexibility index (Phi) is 3.83. The van der Waals surface area contributed by atoms with Gasteiger partial charge in [-0.2, -0.15) is 0 Å². The van der Waals surface area contributed by atoms with Crippen molar-refractivity contribution in [3.63, 3.8) is 0 Å². The predicted molar refractivity (Wildman–Crippen MR) is 83.3 cm³/mol. The van der Waals surface area contributed by atoms with Crippen molar-refractivity contribution in [1.29, 1.82) is 0 Å². The van der Waals surface area contributed by atoms with Crippen LogP contribution in [0.2, 0.25) is 10.0 Å². The molecule has 0 saturated carbocycles. The largest absolute Gasteiger partial charge is 0.279 e. The maximum Gasteiger partial charge on any atom is 0.164 e. The first-order valence-electron chi connectivity index (χ1n) is 6.04.